The fourth-order valence-electron chi connectivity index (χ4n) is 1.93. The van der Waals surface area contributed by atoms with E-state index >= 15 is 0 Å². The molecule has 0 aromatic heterocycles. The molecule has 0 aliphatic carbocycles. The summed E-state index contributed by atoms with van der Waals surface area (Å²) in [6, 6.07) is 11.8. The summed E-state index contributed by atoms with van der Waals surface area (Å²) in [5.74, 6) is 1.00. The van der Waals surface area contributed by atoms with Crippen molar-refractivity contribution in [1.29, 1.82) is 0 Å². The monoisotopic (exact) mass is 306 g/mol. The molecule has 0 saturated heterocycles. The number of hydrogen-bond donors (Lipinski definition) is 1. The van der Waals surface area contributed by atoms with Crippen LogP contribution in [0.1, 0.15) is 5.56 Å². The van der Waals surface area contributed by atoms with E-state index in [0.717, 1.165) is 5.56 Å². The fourth-order valence-corrected chi connectivity index (χ4v) is 2.57. The van der Waals surface area contributed by atoms with Gasteiger partial charge in [0.1, 0.15) is 0 Å². The molecule has 0 heterocycles. The molecule has 0 bridgehead atoms. The molecule has 0 aliphatic rings. The van der Waals surface area contributed by atoms with Crippen LogP contribution in [0.25, 0.3) is 0 Å². The average molecular weight is 306 g/mol. The van der Waals surface area contributed by atoms with Crippen LogP contribution < -0.4 is 13.8 Å². The highest BCUT2D eigenvalue weighted by Crippen LogP contribution is 2.34. The van der Waals surface area contributed by atoms with Gasteiger partial charge in [-0.1, -0.05) is 12.1 Å². The average Bonchev–Trinajstić information content (AvgIpc) is 2.49. The van der Waals surface area contributed by atoms with E-state index in [9.17, 15) is 8.42 Å². The number of rotatable bonds is 5. The van der Waals surface area contributed by atoms with Crippen LogP contribution in [0.2, 0.25) is 0 Å². The van der Waals surface area contributed by atoms with Crippen LogP contribution >= 0.6 is 0 Å². The van der Waals surface area contributed by atoms with Gasteiger partial charge in [0, 0.05) is 6.07 Å². The van der Waals surface area contributed by atoms with Gasteiger partial charge in [-0.05, 0) is 36.8 Å². The Bertz CT molecular complexity index is 687. The minimum absolute atomic E-state index is 0.464. The molecule has 0 spiro atoms. The smallest absolute Gasteiger partial charge is 0.229 e. The van der Waals surface area contributed by atoms with Gasteiger partial charge >= 0.3 is 0 Å². The van der Waals surface area contributed by atoms with E-state index in [1.807, 2.05) is 0 Å². The Balaban J connectivity index is 2.50. The lowest BCUT2D eigenvalue weighted by molar-refractivity contribution is 0.355. The van der Waals surface area contributed by atoms with Crippen LogP contribution in [0.3, 0.4) is 0 Å². The van der Waals surface area contributed by atoms with Crippen LogP contribution in [-0.2, 0) is 10.9 Å². The maximum absolute atomic E-state index is 11.6. The van der Waals surface area contributed by atoms with E-state index in [-0.39, 0.29) is 0 Å². The van der Waals surface area contributed by atoms with E-state index in [4.69, 9.17) is 9.47 Å². The van der Waals surface area contributed by atoms with E-state index in [1.165, 1.54) is 18.5 Å². The molecule has 0 aliphatic heterocycles. The van der Waals surface area contributed by atoms with Crippen LogP contribution in [0.5, 0.6) is 11.5 Å². The quantitative estimate of drug-likeness (QED) is 0.863. The third-order valence-electron chi connectivity index (χ3n) is 2.96. The number of thiol groups is 1. The first-order chi connectivity index (χ1) is 10.1. The van der Waals surface area contributed by atoms with Gasteiger partial charge in [0.15, 0.2) is 11.5 Å². The van der Waals surface area contributed by atoms with Crippen molar-refractivity contribution in [2.75, 3.05) is 18.5 Å². The third kappa shape index (κ3) is 3.28. The van der Waals surface area contributed by atoms with Gasteiger partial charge in [-0.2, -0.15) is 0 Å². The van der Waals surface area contributed by atoms with E-state index in [0.29, 0.717) is 22.9 Å². The topological polar surface area (TPSA) is 55.8 Å². The highest BCUT2D eigenvalue weighted by molar-refractivity contribution is 7.74. The molecule has 0 atom stereocenters. The van der Waals surface area contributed by atoms with Crippen molar-refractivity contribution in [2.45, 2.75) is 0 Å². The highest BCUT2D eigenvalue weighted by atomic mass is 32.2. The molecule has 111 valence electrons. The zero-order valence-corrected chi connectivity index (χ0v) is 12.7. The molecule has 5 nitrogen and oxygen atoms in total. The fraction of sp³-hybridized carbons (Fsp3) is 0.133. The summed E-state index contributed by atoms with van der Waals surface area (Å²) in [6.07, 6.45) is 0. The van der Waals surface area contributed by atoms with Crippen LogP contribution in [-0.4, -0.2) is 22.6 Å². The lowest BCUT2D eigenvalue weighted by Crippen LogP contribution is -2.14. The predicted octanol–water partition coefficient (Wildman–Crippen LogP) is 2.55. The Morgan fingerprint density at radius 2 is 1.48 bits per heavy atom. The Kier molecular flexibility index (Phi) is 4.70. The van der Waals surface area contributed by atoms with Gasteiger partial charge in [0.05, 0.1) is 25.6 Å². The minimum Gasteiger partial charge on any atom is -0.493 e. The number of hydrogen-bond acceptors (Lipinski definition) is 4. The normalized spacial score (nSPS) is 10.5. The Morgan fingerprint density at radius 3 is 2.00 bits per heavy atom. The Labute approximate surface area is 125 Å². The summed E-state index contributed by atoms with van der Waals surface area (Å²) in [5, 5.41) is 0. The lowest BCUT2D eigenvalue weighted by Gasteiger charge is -2.19. The molecule has 1 radical (unpaired) electrons. The van der Waals surface area contributed by atoms with E-state index in [2.05, 4.69) is 6.92 Å². The first kappa shape index (κ1) is 15.2. The van der Waals surface area contributed by atoms with Crippen molar-refractivity contribution in [3.05, 3.63) is 55.0 Å². The molecule has 21 heavy (non-hydrogen) atoms. The zero-order valence-electron chi connectivity index (χ0n) is 11.8. The number of benzene rings is 2. The van der Waals surface area contributed by atoms with Crippen molar-refractivity contribution in [3.63, 3.8) is 0 Å². The van der Waals surface area contributed by atoms with Crippen molar-refractivity contribution in [1.82, 2.24) is 0 Å². The number of nitrogens with zero attached hydrogens (tertiary/aromatic N) is 1. The summed E-state index contributed by atoms with van der Waals surface area (Å²) >= 11 is 0. The maximum atomic E-state index is 11.6. The second kappa shape index (κ2) is 6.49. The van der Waals surface area contributed by atoms with Crippen LogP contribution in [0, 0.1) is 6.92 Å². The van der Waals surface area contributed by atoms with Gasteiger partial charge in [0.2, 0.25) is 10.9 Å². The van der Waals surface area contributed by atoms with E-state index < -0.39 is 10.9 Å². The summed E-state index contributed by atoms with van der Waals surface area (Å²) in [5.41, 5.74) is 1.82. The maximum Gasteiger partial charge on any atom is 0.229 e. The zero-order chi connectivity index (χ0) is 15.4. The highest BCUT2D eigenvalue weighted by Gasteiger charge is 2.14. The molecule has 2 rings (SSSR count). The minimum atomic E-state index is -2.84. The molecule has 0 N–H and O–H groups in total. The van der Waals surface area contributed by atoms with Gasteiger partial charge in [0.25, 0.3) is 0 Å². The largest absolute Gasteiger partial charge is 0.493 e. The molecule has 0 unspecified atom stereocenters. The second-order valence-corrected chi connectivity index (χ2v) is 5.13. The number of anilines is 2. The van der Waals surface area contributed by atoms with Gasteiger partial charge in [-0.25, -0.2) is 12.7 Å². The van der Waals surface area contributed by atoms with E-state index in [1.54, 1.807) is 42.5 Å². The standard InChI is InChI=1S/C15H16NO4S/c1-11-4-6-12(7-5-11)16(21(17)18)13-8-9-14(19-2)15(10-13)20-3/h4-10,21H,1H2,2-3H3. The first-order valence-corrected chi connectivity index (χ1v) is 7.28. The summed E-state index contributed by atoms with van der Waals surface area (Å²) < 4.78 is 34.8. The van der Waals surface area contributed by atoms with Gasteiger partial charge in [-0.15, -0.1) is 0 Å². The summed E-state index contributed by atoms with van der Waals surface area (Å²) in [4.78, 5) is 0. The lowest BCUT2D eigenvalue weighted by atomic mass is 10.2. The number of ether oxygens (including phenoxy) is 2. The molecule has 6 heteroatoms. The SMILES string of the molecule is [CH2]c1ccc(N(c2ccc(OC)c(OC)c2)[SH](=O)=O)cc1. The summed E-state index contributed by atoms with van der Waals surface area (Å²) in [6.45, 7) is 3.78. The van der Waals surface area contributed by atoms with Gasteiger partial charge < -0.3 is 9.47 Å². The van der Waals surface area contributed by atoms with Crippen molar-refractivity contribution in [3.8, 4) is 11.5 Å². The first-order valence-electron chi connectivity index (χ1n) is 6.15. The van der Waals surface area contributed by atoms with Crippen LogP contribution in [0.15, 0.2) is 42.5 Å². The molecular weight excluding hydrogens is 290 g/mol. The molecule has 0 saturated carbocycles. The molecule has 2 aromatic carbocycles. The number of methoxy groups -OCH3 is 2. The van der Waals surface area contributed by atoms with Crippen LogP contribution in [0.4, 0.5) is 11.4 Å². The Hall–Kier alpha value is -2.21. The van der Waals surface area contributed by atoms with Crippen molar-refractivity contribution < 1.29 is 17.9 Å². The molecule has 0 amide bonds. The molecule has 0 fully saturated rings. The second-order valence-electron chi connectivity index (χ2n) is 4.26. The van der Waals surface area contributed by atoms with Gasteiger partial charge in [-0.3, -0.25) is 0 Å². The predicted molar refractivity (Wildman–Crippen MR) is 82.9 cm³/mol. The van der Waals surface area contributed by atoms with Crippen molar-refractivity contribution in [2.24, 2.45) is 0 Å². The molecule has 2 aromatic rings. The Morgan fingerprint density at radius 1 is 0.905 bits per heavy atom. The molecular formula is C15H16NO4S. The third-order valence-corrected chi connectivity index (χ3v) is 3.74. The summed E-state index contributed by atoms with van der Waals surface area (Å²) in [7, 11) is 0.184. The van der Waals surface area contributed by atoms with Crippen molar-refractivity contribution >= 4 is 22.3 Å².